The molecule has 2 unspecified atom stereocenters. The SMILES string of the molecule is CC[C@@]1(C)CN(Cc2ccccc2)CCN1c1nn(C2CC3(C2)CN(C(=O)OC(C)(C)C)C3)c(C)c1-c1c(Cl)c(C)cc2c1cnn2C1CCCCO1.CC[C@@]1(C)CNCCN1c1nn(C2CC3(C2)CN(C(=O)OC(C)(C)C)C3)c(C)c1-c1c(Cl)c(C)cc2c1cnn2C1CCCCO1. The third-order valence-electron chi connectivity index (χ3n) is 23.2. The van der Waals surface area contributed by atoms with Gasteiger partial charge < -0.3 is 43.9 Å². The molecule has 2 amide bonds. The molecule has 99 heavy (non-hydrogen) atoms. The van der Waals surface area contributed by atoms with E-state index in [1.165, 1.54) is 5.56 Å². The summed E-state index contributed by atoms with van der Waals surface area (Å²) in [4.78, 5) is 36.8. The van der Waals surface area contributed by atoms with E-state index >= 15 is 0 Å². The second-order valence-electron chi connectivity index (χ2n) is 33.1. The third-order valence-corrected chi connectivity index (χ3v) is 24.2. The van der Waals surface area contributed by atoms with E-state index in [-0.39, 0.29) is 58.6 Å². The molecule has 4 atom stereocenters. The molecule has 8 aliphatic rings. The molecule has 534 valence electrons. The summed E-state index contributed by atoms with van der Waals surface area (Å²) >= 11 is 14.7. The van der Waals surface area contributed by atoms with Gasteiger partial charge >= 0.3 is 12.2 Å². The fraction of sp³-hybridized carbons (Fsp3) is 0.636. The van der Waals surface area contributed by atoms with Crippen LogP contribution in [0, 0.1) is 38.5 Å². The Morgan fingerprint density at radius 1 is 0.596 bits per heavy atom. The minimum atomic E-state index is -0.497. The third kappa shape index (κ3) is 13.0. The van der Waals surface area contributed by atoms with E-state index in [1.807, 2.05) is 63.7 Å². The summed E-state index contributed by atoms with van der Waals surface area (Å²) in [7, 11) is 0. The monoisotopic (exact) mass is 1390 g/mol. The van der Waals surface area contributed by atoms with Gasteiger partial charge in [-0.25, -0.2) is 19.0 Å². The van der Waals surface area contributed by atoms with E-state index < -0.39 is 11.2 Å². The summed E-state index contributed by atoms with van der Waals surface area (Å²) in [6, 6.07) is 15.6. The number of aromatic nitrogens is 8. The standard InChI is InChI=1S/C42H56ClN7O3.C35H50ClN7O3/c1-8-41(7)25-46(24-30-14-10-9-11-15-30)17-18-48(41)38-35(36-32-23-44-50(34-16-12-13-19-52-34)33(32)20-28(2)37(36)43)29(3)49(45-38)31-21-42(22-31)26-47(27-42)39(51)53-40(4,5)6;1-8-34(7)19-37-12-13-41(34)31-28(29-25-18-38-43(27-11-9-10-14-45-27)26(25)15-22(2)30(29)36)23(3)42(39-31)24-16-35(17-24)20-40(21-35)32(44)46-33(4,5)6/h9-11,14-15,20,23,31,34H,8,12-13,16-19,21-22,24-27H2,1-7H3;15,18,24,27,37H,8-14,16-17,19-21H2,1-7H3/t34?,41-;27?,34-/m00/s1. The van der Waals surface area contributed by atoms with Crippen molar-refractivity contribution in [2.75, 3.05) is 88.5 Å². The number of likely N-dealkylation sites (tertiary alicyclic amines) is 2. The Bertz CT molecular complexity index is 4140. The lowest BCUT2D eigenvalue weighted by molar-refractivity contribution is -0.0931. The van der Waals surface area contributed by atoms with Gasteiger partial charge in [-0.2, -0.15) is 20.4 Å². The van der Waals surface area contributed by atoms with Gasteiger partial charge in [-0.1, -0.05) is 67.4 Å². The number of hydrogen-bond acceptors (Lipinski definition) is 14. The molecule has 15 rings (SSSR count). The van der Waals surface area contributed by atoms with Crippen LogP contribution in [0.3, 0.4) is 0 Å². The van der Waals surface area contributed by atoms with Crippen LogP contribution in [0.15, 0.2) is 54.9 Å². The smallest absolute Gasteiger partial charge is 0.410 e. The van der Waals surface area contributed by atoms with E-state index in [0.717, 1.165) is 251 Å². The number of benzene rings is 3. The fourth-order valence-corrected chi connectivity index (χ4v) is 18.1. The summed E-state index contributed by atoms with van der Waals surface area (Å²) in [5, 5.41) is 28.1. The first-order valence-electron chi connectivity index (χ1n) is 36.8. The Balaban J connectivity index is 0.000000171. The largest absolute Gasteiger partial charge is 0.444 e. The van der Waals surface area contributed by atoms with Crippen LogP contribution in [-0.2, 0) is 25.5 Å². The van der Waals surface area contributed by atoms with Crippen molar-refractivity contribution in [3.63, 3.8) is 0 Å². The van der Waals surface area contributed by atoms with Crippen molar-refractivity contribution in [2.45, 2.75) is 227 Å². The molecule has 7 aromatic rings. The number of hydrogen-bond donors (Lipinski definition) is 1. The zero-order chi connectivity index (χ0) is 69.9. The van der Waals surface area contributed by atoms with Crippen molar-refractivity contribution in [3.05, 3.63) is 93.0 Å². The molecule has 22 heteroatoms. The lowest BCUT2D eigenvalue weighted by atomic mass is 9.60. The molecule has 6 aliphatic heterocycles. The Hall–Kier alpha value is -6.42. The van der Waals surface area contributed by atoms with Crippen LogP contribution in [0.5, 0.6) is 0 Å². The van der Waals surface area contributed by atoms with Crippen molar-refractivity contribution >= 4 is 68.8 Å². The van der Waals surface area contributed by atoms with E-state index in [0.29, 0.717) is 0 Å². The van der Waals surface area contributed by atoms with E-state index in [2.05, 4.69) is 137 Å². The van der Waals surface area contributed by atoms with Gasteiger partial charge in [0.05, 0.1) is 56.6 Å². The first-order chi connectivity index (χ1) is 47.1. The predicted octanol–water partition coefficient (Wildman–Crippen LogP) is 16.0. The van der Waals surface area contributed by atoms with Crippen molar-refractivity contribution in [1.29, 1.82) is 0 Å². The lowest BCUT2D eigenvalue weighted by Crippen LogP contribution is -2.64. The molecule has 20 nitrogen and oxygen atoms in total. The van der Waals surface area contributed by atoms with Crippen molar-refractivity contribution in [1.82, 2.24) is 59.1 Å². The maximum Gasteiger partial charge on any atom is 0.410 e. The highest BCUT2D eigenvalue weighted by Gasteiger charge is 2.58. The molecule has 1 N–H and O–H groups in total. The van der Waals surface area contributed by atoms with Crippen LogP contribution >= 0.6 is 23.2 Å². The molecule has 2 aliphatic carbocycles. The zero-order valence-electron chi connectivity index (χ0n) is 61.2. The van der Waals surface area contributed by atoms with Crippen molar-refractivity contribution in [3.8, 4) is 22.3 Å². The summed E-state index contributed by atoms with van der Waals surface area (Å²) in [6.45, 7) is 40.3. The summed E-state index contributed by atoms with van der Waals surface area (Å²) in [5.41, 5.74) is 11.0. The van der Waals surface area contributed by atoms with Crippen LogP contribution in [0.25, 0.3) is 44.1 Å². The van der Waals surface area contributed by atoms with Crippen molar-refractivity contribution in [2.24, 2.45) is 10.8 Å². The number of nitrogens with one attached hydrogen (secondary N) is 1. The molecule has 6 saturated heterocycles. The van der Waals surface area contributed by atoms with Crippen LogP contribution in [0.2, 0.25) is 10.0 Å². The minimum absolute atomic E-state index is 0.0617. The fourth-order valence-electron chi connectivity index (χ4n) is 17.6. The number of aryl methyl sites for hydroxylation is 2. The van der Waals surface area contributed by atoms with Crippen LogP contribution in [0.1, 0.15) is 199 Å². The number of ether oxygens (including phenoxy) is 4. The van der Waals surface area contributed by atoms with Crippen LogP contribution < -0.4 is 15.1 Å². The van der Waals surface area contributed by atoms with Gasteiger partial charge in [0.25, 0.3) is 0 Å². The van der Waals surface area contributed by atoms with Crippen LogP contribution in [-0.4, -0.2) is 167 Å². The molecule has 0 bridgehead atoms. The number of anilines is 2. The van der Waals surface area contributed by atoms with E-state index in [9.17, 15) is 9.59 Å². The van der Waals surface area contributed by atoms with Crippen molar-refractivity contribution < 1.29 is 28.5 Å². The molecular weight excluding hydrogens is 1290 g/mol. The van der Waals surface area contributed by atoms with Gasteiger partial charge in [-0.05, 0) is 189 Å². The minimum Gasteiger partial charge on any atom is -0.444 e. The quantitative estimate of drug-likeness (QED) is 0.123. The number of amides is 2. The Labute approximate surface area is 595 Å². The van der Waals surface area contributed by atoms with Gasteiger partial charge in [0, 0.05) is 140 Å². The van der Waals surface area contributed by atoms with Gasteiger partial charge in [0.2, 0.25) is 0 Å². The molecule has 3 aromatic carbocycles. The molecule has 2 spiro atoms. The molecule has 10 heterocycles. The van der Waals surface area contributed by atoms with E-state index in [1.54, 1.807) is 0 Å². The van der Waals surface area contributed by atoms with E-state index in [4.69, 9.17) is 62.5 Å². The number of halogens is 2. The number of rotatable bonds is 12. The number of carbonyl (C=O) groups excluding carboxylic acids is 2. The second-order valence-corrected chi connectivity index (χ2v) is 33.8. The highest BCUT2D eigenvalue weighted by Crippen LogP contribution is 2.58. The maximum absolute atomic E-state index is 12.8. The number of carbonyl (C=O) groups is 2. The summed E-state index contributed by atoms with van der Waals surface area (Å²) in [5.74, 6) is 2.01. The Morgan fingerprint density at radius 2 is 1.05 bits per heavy atom. The topological polar surface area (TPSA) is 171 Å². The highest BCUT2D eigenvalue weighted by molar-refractivity contribution is 6.36. The first kappa shape index (κ1) is 69.7. The van der Waals surface area contributed by atoms with Gasteiger partial charge in [-0.15, -0.1) is 0 Å². The second kappa shape index (κ2) is 26.4. The molecule has 2 saturated carbocycles. The summed E-state index contributed by atoms with van der Waals surface area (Å²) in [6.07, 6.45) is 15.7. The average Bonchev–Trinajstić information content (AvgIpc) is 1.61. The zero-order valence-corrected chi connectivity index (χ0v) is 62.7. The first-order valence-corrected chi connectivity index (χ1v) is 37.6. The maximum atomic E-state index is 12.8. The van der Waals surface area contributed by atoms with Crippen LogP contribution in [0.4, 0.5) is 21.2 Å². The van der Waals surface area contributed by atoms with Gasteiger partial charge in [-0.3, -0.25) is 14.3 Å². The normalized spacial score (nSPS) is 24.9. The number of fused-ring (bicyclic) bond motifs is 2. The molecule has 8 fully saturated rings. The van der Waals surface area contributed by atoms with Gasteiger partial charge in [0.1, 0.15) is 11.2 Å². The predicted molar refractivity (Wildman–Crippen MR) is 392 cm³/mol. The number of piperazine rings is 2. The van der Waals surface area contributed by atoms with Gasteiger partial charge in [0.15, 0.2) is 24.1 Å². The molecule has 4 aromatic heterocycles. The molecular formula is C77H106Cl2N14O6. The lowest BCUT2D eigenvalue weighted by Gasteiger charge is -2.58. The average molecular weight is 1390 g/mol. The Kier molecular flexibility index (Phi) is 18.6. The summed E-state index contributed by atoms with van der Waals surface area (Å²) < 4.78 is 32.4. The number of nitrogens with zero attached hydrogens (tertiary/aromatic N) is 13. The molecule has 0 radical (unpaired) electrons. The highest BCUT2D eigenvalue weighted by atomic mass is 35.5. The Morgan fingerprint density at radius 3 is 1.47 bits per heavy atom.